The first-order chi connectivity index (χ1) is 7.58. The Bertz CT molecular complexity index is 548. The molecule has 0 radical (unpaired) electrons. The van der Waals surface area contributed by atoms with E-state index in [-0.39, 0.29) is 11.4 Å². The number of benzene rings is 1. The third-order valence-electron chi connectivity index (χ3n) is 2.25. The van der Waals surface area contributed by atoms with E-state index >= 15 is 0 Å². The van der Waals surface area contributed by atoms with Crippen molar-refractivity contribution in [1.29, 1.82) is 0 Å². The van der Waals surface area contributed by atoms with Crippen LogP contribution in [0, 0.1) is 0 Å². The number of carbonyl (C=O) groups is 1. The van der Waals surface area contributed by atoms with Crippen LogP contribution in [0.25, 0.3) is 11.3 Å². The molecule has 0 aliphatic rings. The van der Waals surface area contributed by atoms with E-state index in [0.717, 1.165) is 5.56 Å². The molecule has 0 spiro atoms. The van der Waals surface area contributed by atoms with Crippen LogP contribution in [0.15, 0.2) is 30.3 Å². The summed E-state index contributed by atoms with van der Waals surface area (Å²) in [5.74, 6) is -0.287. The van der Waals surface area contributed by atoms with Crippen molar-refractivity contribution in [3.63, 3.8) is 0 Å². The molecule has 0 bridgehead atoms. The van der Waals surface area contributed by atoms with E-state index in [1.807, 2.05) is 12.1 Å². The molecule has 0 saturated heterocycles. The van der Waals surface area contributed by atoms with E-state index in [0.29, 0.717) is 10.7 Å². The number of halogens is 1. The summed E-state index contributed by atoms with van der Waals surface area (Å²) in [6.07, 6.45) is 0. The van der Waals surface area contributed by atoms with Gasteiger partial charge in [0.05, 0.1) is 5.56 Å². The summed E-state index contributed by atoms with van der Waals surface area (Å²) in [6, 6.07) is 8.84. The van der Waals surface area contributed by atoms with E-state index in [9.17, 15) is 4.79 Å². The molecule has 0 saturated carbocycles. The Labute approximate surface area is 97.2 Å². The highest BCUT2D eigenvalue weighted by atomic mass is 35.5. The number of hydrogen-bond acceptors (Lipinski definition) is 2. The summed E-state index contributed by atoms with van der Waals surface area (Å²) in [5.41, 5.74) is 12.7. The fraction of sp³-hybridized carbons (Fsp3) is 0. The van der Waals surface area contributed by atoms with Crippen molar-refractivity contribution in [2.45, 2.75) is 0 Å². The minimum absolute atomic E-state index is 0.266. The van der Waals surface area contributed by atoms with Crippen LogP contribution < -0.4 is 11.5 Å². The summed E-state index contributed by atoms with van der Waals surface area (Å²) >= 11 is 5.87. The Morgan fingerprint density at radius 1 is 1.31 bits per heavy atom. The van der Waals surface area contributed by atoms with Crippen molar-refractivity contribution in [3.8, 4) is 11.3 Å². The molecule has 1 heterocycles. The Balaban J connectivity index is 2.49. The largest absolute Gasteiger partial charge is 0.385 e. The zero-order chi connectivity index (χ0) is 11.7. The van der Waals surface area contributed by atoms with Crippen LogP contribution in [0.4, 0.5) is 5.82 Å². The number of nitrogens with two attached hydrogens (primary N) is 2. The fourth-order valence-corrected chi connectivity index (χ4v) is 1.68. The number of aromatic amines is 1. The lowest BCUT2D eigenvalue weighted by atomic mass is 10.1. The third-order valence-corrected chi connectivity index (χ3v) is 2.48. The van der Waals surface area contributed by atoms with Crippen molar-refractivity contribution in [2.75, 3.05) is 5.73 Å². The van der Waals surface area contributed by atoms with Gasteiger partial charge in [0, 0.05) is 10.7 Å². The second-order valence-corrected chi connectivity index (χ2v) is 3.82. The van der Waals surface area contributed by atoms with Gasteiger partial charge in [-0.05, 0) is 23.8 Å². The van der Waals surface area contributed by atoms with Gasteiger partial charge in [0.15, 0.2) is 0 Å². The van der Waals surface area contributed by atoms with Gasteiger partial charge in [0.25, 0.3) is 5.91 Å². The molecule has 5 heteroatoms. The molecule has 0 atom stereocenters. The van der Waals surface area contributed by atoms with E-state index in [1.54, 1.807) is 18.2 Å². The number of rotatable bonds is 2. The normalized spacial score (nSPS) is 10.3. The van der Waals surface area contributed by atoms with Gasteiger partial charge in [-0.25, -0.2) is 0 Å². The summed E-state index contributed by atoms with van der Waals surface area (Å²) in [6.45, 7) is 0. The number of H-pyrrole nitrogens is 1. The highest BCUT2D eigenvalue weighted by Crippen LogP contribution is 2.25. The van der Waals surface area contributed by atoms with Crippen LogP contribution >= 0.6 is 11.6 Å². The fourth-order valence-electron chi connectivity index (χ4n) is 1.49. The monoisotopic (exact) mass is 235 g/mol. The van der Waals surface area contributed by atoms with Gasteiger partial charge < -0.3 is 16.5 Å². The van der Waals surface area contributed by atoms with Crippen molar-refractivity contribution in [3.05, 3.63) is 40.9 Å². The average Bonchev–Trinajstić information content (AvgIpc) is 2.60. The molecule has 16 heavy (non-hydrogen) atoms. The quantitative estimate of drug-likeness (QED) is 0.744. The molecule has 0 fully saturated rings. The number of primary amides is 1. The third kappa shape index (κ3) is 1.87. The van der Waals surface area contributed by atoms with Gasteiger partial charge in [0.2, 0.25) is 0 Å². The van der Waals surface area contributed by atoms with Gasteiger partial charge in [-0.1, -0.05) is 23.7 Å². The van der Waals surface area contributed by atoms with Gasteiger partial charge in [-0.15, -0.1) is 0 Å². The molecule has 0 unspecified atom stereocenters. The number of aromatic nitrogens is 1. The molecular weight excluding hydrogens is 226 g/mol. The first-order valence-electron chi connectivity index (χ1n) is 4.62. The molecule has 1 aromatic carbocycles. The molecule has 2 rings (SSSR count). The number of nitrogens with one attached hydrogen (secondary N) is 1. The van der Waals surface area contributed by atoms with E-state index < -0.39 is 5.91 Å². The van der Waals surface area contributed by atoms with Crippen LogP contribution in [0.3, 0.4) is 0 Å². The first kappa shape index (κ1) is 10.6. The highest BCUT2D eigenvalue weighted by molar-refractivity contribution is 6.30. The maximum Gasteiger partial charge on any atom is 0.252 e. The molecule has 4 nitrogen and oxygen atoms in total. The van der Waals surface area contributed by atoms with Crippen LogP contribution in [-0.4, -0.2) is 10.9 Å². The summed E-state index contributed by atoms with van der Waals surface area (Å²) in [5, 5.41) is 0.617. The molecular formula is C11H10ClN3O. The van der Waals surface area contributed by atoms with Crippen LogP contribution in [-0.2, 0) is 0 Å². The number of anilines is 1. The van der Waals surface area contributed by atoms with Crippen LogP contribution in [0.5, 0.6) is 0 Å². The zero-order valence-electron chi connectivity index (χ0n) is 8.33. The standard InChI is InChI=1S/C11H10ClN3O/c12-7-3-1-2-6(4-7)9-5-8(11(14)16)10(13)15-9/h1-5,15H,13H2,(H2,14,16). The molecule has 0 aliphatic carbocycles. The number of amides is 1. The Hall–Kier alpha value is -1.94. The van der Waals surface area contributed by atoms with E-state index in [2.05, 4.69) is 4.98 Å². The average molecular weight is 236 g/mol. The predicted molar refractivity (Wildman–Crippen MR) is 64.2 cm³/mol. The molecule has 1 aromatic heterocycles. The Morgan fingerprint density at radius 2 is 2.06 bits per heavy atom. The van der Waals surface area contributed by atoms with E-state index in [4.69, 9.17) is 23.1 Å². The lowest BCUT2D eigenvalue weighted by Gasteiger charge is -1.97. The molecule has 1 amide bonds. The lowest BCUT2D eigenvalue weighted by Crippen LogP contribution is -2.11. The number of nitrogen functional groups attached to an aromatic ring is 1. The van der Waals surface area contributed by atoms with Crippen LogP contribution in [0.2, 0.25) is 5.02 Å². The van der Waals surface area contributed by atoms with Crippen molar-refractivity contribution in [1.82, 2.24) is 4.98 Å². The Morgan fingerprint density at radius 3 is 2.62 bits per heavy atom. The second-order valence-electron chi connectivity index (χ2n) is 3.38. The molecule has 2 aromatic rings. The van der Waals surface area contributed by atoms with E-state index in [1.165, 1.54) is 0 Å². The van der Waals surface area contributed by atoms with Gasteiger partial charge in [0.1, 0.15) is 5.82 Å². The lowest BCUT2D eigenvalue weighted by molar-refractivity contribution is 0.100. The smallest absolute Gasteiger partial charge is 0.252 e. The zero-order valence-corrected chi connectivity index (χ0v) is 9.08. The number of carbonyl (C=O) groups excluding carboxylic acids is 1. The summed E-state index contributed by atoms with van der Waals surface area (Å²) in [7, 11) is 0. The van der Waals surface area contributed by atoms with Gasteiger partial charge in [-0.3, -0.25) is 4.79 Å². The molecule has 5 N–H and O–H groups in total. The van der Waals surface area contributed by atoms with Gasteiger partial charge in [-0.2, -0.15) is 0 Å². The van der Waals surface area contributed by atoms with Gasteiger partial charge >= 0.3 is 0 Å². The maximum absolute atomic E-state index is 11.0. The minimum atomic E-state index is -0.554. The molecule has 82 valence electrons. The van der Waals surface area contributed by atoms with Crippen molar-refractivity contribution >= 4 is 23.3 Å². The minimum Gasteiger partial charge on any atom is -0.385 e. The SMILES string of the molecule is NC(=O)c1cc(-c2cccc(Cl)c2)[nH]c1N. The molecule has 0 aliphatic heterocycles. The maximum atomic E-state index is 11.0. The van der Waals surface area contributed by atoms with Crippen LogP contribution in [0.1, 0.15) is 10.4 Å². The van der Waals surface area contributed by atoms with Crippen molar-refractivity contribution < 1.29 is 4.79 Å². The predicted octanol–water partition coefficient (Wildman–Crippen LogP) is 2.02. The number of hydrogen-bond donors (Lipinski definition) is 3. The van der Waals surface area contributed by atoms with Crippen molar-refractivity contribution in [2.24, 2.45) is 5.73 Å². The topological polar surface area (TPSA) is 84.9 Å². The summed E-state index contributed by atoms with van der Waals surface area (Å²) in [4.78, 5) is 13.9. The highest BCUT2D eigenvalue weighted by Gasteiger charge is 2.11. The Kier molecular flexibility index (Phi) is 2.58. The second kappa shape index (κ2) is 3.90. The first-order valence-corrected chi connectivity index (χ1v) is 5.00. The summed E-state index contributed by atoms with van der Waals surface area (Å²) < 4.78 is 0.